The van der Waals surface area contributed by atoms with Crippen molar-refractivity contribution >= 4 is 0 Å². The van der Waals surface area contributed by atoms with Crippen LogP contribution in [0.1, 0.15) is 49.3 Å². The zero-order valence-corrected chi connectivity index (χ0v) is 12.4. The SMILES string of the molecule is Cc1cc2c(c(F)c1F)C(F)(F)C(C1CCC(C)CC1)C2. The maximum atomic E-state index is 14.6. The lowest BCUT2D eigenvalue weighted by Crippen LogP contribution is -2.31. The summed E-state index contributed by atoms with van der Waals surface area (Å²) in [5, 5.41) is 0. The molecule has 1 saturated carbocycles. The summed E-state index contributed by atoms with van der Waals surface area (Å²) >= 11 is 0. The van der Waals surface area contributed by atoms with E-state index >= 15 is 0 Å². The van der Waals surface area contributed by atoms with Crippen LogP contribution in [0.3, 0.4) is 0 Å². The van der Waals surface area contributed by atoms with Gasteiger partial charge in [0.2, 0.25) is 0 Å². The first-order chi connectivity index (χ1) is 9.82. The Morgan fingerprint density at radius 1 is 1.05 bits per heavy atom. The quantitative estimate of drug-likeness (QED) is 0.612. The van der Waals surface area contributed by atoms with Gasteiger partial charge in [-0.3, -0.25) is 0 Å². The number of fused-ring (bicyclic) bond motifs is 1. The Morgan fingerprint density at radius 3 is 2.29 bits per heavy atom. The summed E-state index contributed by atoms with van der Waals surface area (Å²) in [6.45, 7) is 3.56. The molecule has 0 nitrogen and oxygen atoms in total. The van der Waals surface area contributed by atoms with Gasteiger partial charge in [0.15, 0.2) is 11.6 Å². The molecule has 3 rings (SSSR count). The van der Waals surface area contributed by atoms with E-state index in [1.54, 1.807) is 0 Å². The van der Waals surface area contributed by atoms with Gasteiger partial charge in [0.05, 0.1) is 5.56 Å². The molecule has 1 atom stereocenters. The Kier molecular flexibility index (Phi) is 3.53. The molecule has 0 amide bonds. The van der Waals surface area contributed by atoms with Gasteiger partial charge in [0.1, 0.15) is 0 Å². The number of alkyl halides is 2. The first-order valence-corrected chi connectivity index (χ1v) is 7.68. The number of benzene rings is 1. The lowest BCUT2D eigenvalue weighted by molar-refractivity contribution is -0.0839. The molecule has 0 aromatic heterocycles. The molecule has 1 fully saturated rings. The summed E-state index contributed by atoms with van der Waals surface area (Å²) in [5.74, 6) is -6.12. The van der Waals surface area contributed by atoms with Crippen LogP contribution in [-0.2, 0) is 12.3 Å². The Balaban J connectivity index is 1.96. The molecule has 1 aromatic carbocycles. The minimum atomic E-state index is -3.25. The van der Waals surface area contributed by atoms with E-state index in [2.05, 4.69) is 6.92 Å². The molecule has 0 bridgehead atoms. The third kappa shape index (κ3) is 2.27. The Hall–Kier alpha value is -1.06. The van der Waals surface area contributed by atoms with Gasteiger partial charge in [-0.2, -0.15) is 0 Å². The molecule has 2 aliphatic rings. The highest BCUT2D eigenvalue weighted by atomic mass is 19.3. The van der Waals surface area contributed by atoms with Crippen molar-refractivity contribution in [2.75, 3.05) is 0 Å². The van der Waals surface area contributed by atoms with Crippen LogP contribution in [0.4, 0.5) is 17.6 Å². The van der Waals surface area contributed by atoms with E-state index in [-0.39, 0.29) is 17.9 Å². The molecule has 1 aromatic rings. The van der Waals surface area contributed by atoms with Crippen molar-refractivity contribution in [2.45, 2.75) is 51.9 Å². The molecule has 0 spiro atoms. The fraction of sp³-hybridized carbons (Fsp3) is 0.647. The van der Waals surface area contributed by atoms with Crippen molar-refractivity contribution < 1.29 is 17.6 Å². The number of aryl methyl sites for hydroxylation is 1. The van der Waals surface area contributed by atoms with Crippen molar-refractivity contribution in [2.24, 2.45) is 17.8 Å². The van der Waals surface area contributed by atoms with Crippen LogP contribution < -0.4 is 0 Å². The fourth-order valence-corrected chi connectivity index (χ4v) is 4.04. The highest BCUT2D eigenvalue weighted by molar-refractivity contribution is 5.42. The van der Waals surface area contributed by atoms with E-state index in [0.29, 0.717) is 11.5 Å². The molecule has 0 radical (unpaired) electrons. The number of hydrogen-bond donors (Lipinski definition) is 0. The van der Waals surface area contributed by atoms with Gasteiger partial charge < -0.3 is 0 Å². The van der Waals surface area contributed by atoms with Crippen molar-refractivity contribution in [3.05, 3.63) is 34.4 Å². The van der Waals surface area contributed by atoms with Gasteiger partial charge in [-0.05, 0) is 49.1 Å². The average Bonchev–Trinajstić information content (AvgIpc) is 2.68. The topological polar surface area (TPSA) is 0 Å². The molecule has 1 unspecified atom stereocenters. The summed E-state index contributed by atoms with van der Waals surface area (Å²) in [6, 6.07) is 1.40. The minimum Gasteiger partial charge on any atom is -0.203 e. The summed E-state index contributed by atoms with van der Waals surface area (Å²) in [5.41, 5.74) is -0.283. The van der Waals surface area contributed by atoms with Crippen LogP contribution in [0.15, 0.2) is 6.07 Å². The van der Waals surface area contributed by atoms with E-state index in [4.69, 9.17) is 0 Å². The second kappa shape index (κ2) is 4.99. The van der Waals surface area contributed by atoms with Gasteiger partial charge in [0.25, 0.3) is 5.92 Å². The van der Waals surface area contributed by atoms with E-state index < -0.39 is 29.0 Å². The Labute approximate surface area is 122 Å². The summed E-state index contributed by atoms with van der Waals surface area (Å²) in [4.78, 5) is 0. The van der Waals surface area contributed by atoms with Gasteiger partial charge in [-0.1, -0.05) is 25.8 Å². The van der Waals surface area contributed by atoms with Crippen LogP contribution >= 0.6 is 0 Å². The minimum absolute atomic E-state index is 0.0913. The number of rotatable bonds is 1. The number of halogens is 4. The highest BCUT2D eigenvalue weighted by Crippen LogP contribution is 2.53. The van der Waals surface area contributed by atoms with Crippen LogP contribution in [0.2, 0.25) is 0 Å². The van der Waals surface area contributed by atoms with Crippen LogP contribution in [0.25, 0.3) is 0 Å². The summed E-state index contributed by atoms with van der Waals surface area (Å²) in [6.07, 6.45) is 3.59. The molecule has 4 heteroatoms. The second-order valence-corrected chi connectivity index (χ2v) is 6.81. The van der Waals surface area contributed by atoms with Crippen LogP contribution in [0, 0.1) is 36.3 Å². The molecular formula is C17H20F4. The monoisotopic (exact) mass is 300 g/mol. The molecule has 0 N–H and O–H groups in total. The lowest BCUT2D eigenvalue weighted by Gasteiger charge is -2.33. The third-order valence-electron chi connectivity index (χ3n) is 5.34. The second-order valence-electron chi connectivity index (χ2n) is 6.81. The van der Waals surface area contributed by atoms with Crippen molar-refractivity contribution in [1.82, 2.24) is 0 Å². The fourth-order valence-electron chi connectivity index (χ4n) is 4.04. The van der Waals surface area contributed by atoms with Gasteiger partial charge in [0, 0.05) is 5.92 Å². The van der Waals surface area contributed by atoms with E-state index in [1.807, 2.05) is 0 Å². The zero-order valence-electron chi connectivity index (χ0n) is 12.4. The first kappa shape index (κ1) is 14.9. The Bertz CT molecular complexity index is 556. The largest absolute Gasteiger partial charge is 0.279 e. The third-order valence-corrected chi connectivity index (χ3v) is 5.34. The predicted molar refractivity (Wildman–Crippen MR) is 73.3 cm³/mol. The van der Waals surface area contributed by atoms with Gasteiger partial charge in [-0.15, -0.1) is 0 Å². The predicted octanol–water partition coefficient (Wildman–Crippen LogP) is 5.36. The lowest BCUT2D eigenvalue weighted by atomic mass is 9.74. The van der Waals surface area contributed by atoms with Crippen LogP contribution in [0.5, 0.6) is 0 Å². The molecule has 116 valence electrons. The smallest absolute Gasteiger partial charge is 0.203 e. The molecule has 0 aliphatic heterocycles. The standard InChI is InChI=1S/C17H20F4/c1-9-3-5-11(6-4-9)13-8-12-7-10(2)15(18)16(19)14(12)17(13,20)21/h7,9,11,13H,3-6,8H2,1-2H3. The molecule has 0 saturated heterocycles. The van der Waals surface area contributed by atoms with E-state index in [0.717, 1.165) is 25.7 Å². The van der Waals surface area contributed by atoms with Crippen LogP contribution in [-0.4, -0.2) is 0 Å². The molecule has 2 aliphatic carbocycles. The van der Waals surface area contributed by atoms with E-state index in [9.17, 15) is 17.6 Å². The number of hydrogen-bond acceptors (Lipinski definition) is 0. The van der Waals surface area contributed by atoms with Crippen molar-refractivity contribution in [3.8, 4) is 0 Å². The maximum Gasteiger partial charge on any atom is 0.279 e. The van der Waals surface area contributed by atoms with Crippen molar-refractivity contribution in [3.63, 3.8) is 0 Å². The van der Waals surface area contributed by atoms with Crippen molar-refractivity contribution in [1.29, 1.82) is 0 Å². The molecular weight excluding hydrogens is 280 g/mol. The summed E-state index contributed by atoms with van der Waals surface area (Å²) in [7, 11) is 0. The summed E-state index contributed by atoms with van der Waals surface area (Å²) < 4.78 is 56.9. The normalized spacial score (nSPS) is 31.2. The van der Waals surface area contributed by atoms with Gasteiger partial charge >= 0.3 is 0 Å². The highest BCUT2D eigenvalue weighted by Gasteiger charge is 2.54. The Morgan fingerprint density at radius 2 is 1.67 bits per heavy atom. The molecule has 21 heavy (non-hydrogen) atoms. The average molecular weight is 300 g/mol. The first-order valence-electron chi connectivity index (χ1n) is 7.68. The van der Waals surface area contributed by atoms with Gasteiger partial charge in [-0.25, -0.2) is 17.6 Å². The zero-order chi connectivity index (χ0) is 15.4. The molecule has 0 heterocycles. The van der Waals surface area contributed by atoms with E-state index in [1.165, 1.54) is 13.0 Å². The maximum absolute atomic E-state index is 14.6.